The Labute approximate surface area is 251 Å². The second-order valence-electron chi connectivity index (χ2n) is 11.3. The molecule has 7 aromatic rings. The van der Waals surface area contributed by atoms with Crippen molar-refractivity contribution in [2.45, 2.75) is 5.41 Å². The molecule has 43 heavy (non-hydrogen) atoms. The Morgan fingerprint density at radius 3 is 1.33 bits per heavy atom. The van der Waals surface area contributed by atoms with Gasteiger partial charge in [0.05, 0.1) is 16.8 Å². The highest BCUT2D eigenvalue weighted by atomic mass is 14.9. The van der Waals surface area contributed by atoms with E-state index >= 15 is 0 Å². The molecular weight excluding hydrogens is 520 g/mol. The standard InChI is InChI=1S/C41H26N2/c1-3-14-27(15-4-1)37-26-38(28-16-5-2-6-17-28)43-40(42-37)32-21-13-25-36-39(32)31-20-9-12-24-35(31)41(36)33-22-10-7-18-29(33)30-19-8-11-23-34(30)41/h1-26H. The van der Waals surface area contributed by atoms with Crippen molar-refractivity contribution in [3.8, 4) is 56.2 Å². The molecule has 2 aliphatic rings. The average molecular weight is 547 g/mol. The largest absolute Gasteiger partial charge is 0.228 e. The maximum Gasteiger partial charge on any atom is 0.161 e. The molecule has 0 saturated carbocycles. The Kier molecular flexibility index (Phi) is 5.15. The Hall–Kier alpha value is -5.60. The molecule has 0 saturated heterocycles. The predicted octanol–water partition coefficient (Wildman–Crippen LogP) is 9.82. The molecule has 1 heterocycles. The maximum atomic E-state index is 5.24. The number of rotatable bonds is 3. The molecule has 200 valence electrons. The van der Waals surface area contributed by atoms with Gasteiger partial charge in [-0.15, -0.1) is 0 Å². The minimum absolute atomic E-state index is 0.394. The third-order valence-electron chi connectivity index (χ3n) is 9.13. The zero-order chi connectivity index (χ0) is 28.4. The van der Waals surface area contributed by atoms with Gasteiger partial charge >= 0.3 is 0 Å². The first-order chi connectivity index (χ1) is 21.3. The number of fused-ring (bicyclic) bond motifs is 10. The molecule has 0 radical (unpaired) electrons. The van der Waals surface area contributed by atoms with Crippen molar-refractivity contribution in [1.29, 1.82) is 0 Å². The summed E-state index contributed by atoms with van der Waals surface area (Å²) in [4.78, 5) is 10.5. The van der Waals surface area contributed by atoms with E-state index in [0.29, 0.717) is 0 Å². The van der Waals surface area contributed by atoms with Gasteiger partial charge in [-0.25, -0.2) is 9.97 Å². The topological polar surface area (TPSA) is 25.8 Å². The van der Waals surface area contributed by atoms with E-state index in [4.69, 9.17) is 9.97 Å². The van der Waals surface area contributed by atoms with Crippen molar-refractivity contribution < 1.29 is 0 Å². The van der Waals surface area contributed by atoms with Crippen LogP contribution in [0.2, 0.25) is 0 Å². The van der Waals surface area contributed by atoms with Crippen LogP contribution in [-0.2, 0) is 5.41 Å². The van der Waals surface area contributed by atoms with Gasteiger partial charge < -0.3 is 0 Å². The minimum atomic E-state index is -0.394. The first-order valence-corrected chi connectivity index (χ1v) is 14.8. The second kappa shape index (κ2) is 9.20. The lowest BCUT2D eigenvalue weighted by Crippen LogP contribution is -2.25. The summed E-state index contributed by atoms with van der Waals surface area (Å²) < 4.78 is 0. The van der Waals surface area contributed by atoms with E-state index in [0.717, 1.165) is 33.9 Å². The third kappa shape index (κ3) is 3.35. The van der Waals surface area contributed by atoms with Crippen molar-refractivity contribution in [2.24, 2.45) is 0 Å². The van der Waals surface area contributed by atoms with Crippen LogP contribution in [0.1, 0.15) is 22.3 Å². The molecule has 1 spiro atoms. The Morgan fingerprint density at radius 1 is 0.349 bits per heavy atom. The Bertz CT molecular complexity index is 2080. The molecule has 2 nitrogen and oxygen atoms in total. The smallest absolute Gasteiger partial charge is 0.161 e. The first-order valence-electron chi connectivity index (χ1n) is 14.8. The quantitative estimate of drug-likeness (QED) is 0.220. The molecule has 0 amide bonds. The van der Waals surface area contributed by atoms with Crippen LogP contribution in [0.5, 0.6) is 0 Å². The molecule has 2 aliphatic carbocycles. The lowest BCUT2D eigenvalue weighted by Gasteiger charge is -2.30. The molecule has 2 heteroatoms. The van der Waals surface area contributed by atoms with Crippen LogP contribution in [-0.4, -0.2) is 9.97 Å². The van der Waals surface area contributed by atoms with E-state index in [9.17, 15) is 0 Å². The van der Waals surface area contributed by atoms with E-state index < -0.39 is 5.41 Å². The van der Waals surface area contributed by atoms with Crippen LogP contribution in [0.15, 0.2) is 158 Å². The van der Waals surface area contributed by atoms with Crippen LogP contribution in [0.4, 0.5) is 0 Å². The van der Waals surface area contributed by atoms with Gasteiger partial charge in [0, 0.05) is 16.7 Å². The summed E-state index contributed by atoms with van der Waals surface area (Å²) in [6.45, 7) is 0. The molecule has 0 fully saturated rings. The second-order valence-corrected chi connectivity index (χ2v) is 11.3. The molecule has 0 atom stereocenters. The summed E-state index contributed by atoms with van der Waals surface area (Å²) in [6, 6.07) is 56.4. The molecular formula is C41H26N2. The van der Waals surface area contributed by atoms with Gasteiger partial charge in [-0.1, -0.05) is 152 Å². The summed E-state index contributed by atoms with van der Waals surface area (Å²) in [5, 5.41) is 0. The van der Waals surface area contributed by atoms with Crippen molar-refractivity contribution in [1.82, 2.24) is 9.97 Å². The van der Waals surface area contributed by atoms with Crippen LogP contribution >= 0.6 is 0 Å². The molecule has 1 aromatic heterocycles. The van der Waals surface area contributed by atoms with Gasteiger partial charge in [0.15, 0.2) is 5.82 Å². The van der Waals surface area contributed by atoms with Crippen molar-refractivity contribution in [3.05, 3.63) is 180 Å². The molecule has 0 N–H and O–H groups in total. The van der Waals surface area contributed by atoms with Gasteiger partial charge in [-0.05, 0) is 50.6 Å². The van der Waals surface area contributed by atoms with Crippen molar-refractivity contribution in [3.63, 3.8) is 0 Å². The number of hydrogen-bond acceptors (Lipinski definition) is 2. The van der Waals surface area contributed by atoms with Gasteiger partial charge in [0.2, 0.25) is 0 Å². The predicted molar refractivity (Wildman–Crippen MR) is 175 cm³/mol. The summed E-state index contributed by atoms with van der Waals surface area (Å²) in [6.07, 6.45) is 0. The number of nitrogens with zero attached hydrogens (tertiary/aromatic N) is 2. The highest BCUT2D eigenvalue weighted by molar-refractivity contribution is 5.99. The summed E-state index contributed by atoms with van der Waals surface area (Å²) in [7, 11) is 0. The first kappa shape index (κ1) is 24.0. The summed E-state index contributed by atoms with van der Waals surface area (Å²) >= 11 is 0. The molecule has 9 rings (SSSR count). The number of benzene rings is 6. The van der Waals surface area contributed by atoms with E-state index in [1.807, 2.05) is 12.1 Å². The molecule has 6 aromatic carbocycles. The monoisotopic (exact) mass is 546 g/mol. The minimum Gasteiger partial charge on any atom is -0.228 e. The SMILES string of the molecule is c1ccc(-c2cc(-c3ccccc3)nc(-c3cccc4c3-c3ccccc3C43c4ccccc4-c4ccccc43)n2)cc1. The number of hydrogen-bond donors (Lipinski definition) is 0. The normalized spacial score (nSPS) is 13.3. The van der Waals surface area contributed by atoms with Crippen LogP contribution in [0.3, 0.4) is 0 Å². The highest BCUT2D eigenvalue weighted by Gasteiger charge is 2.52. The highest BCUT2D eigenvalue weighted by Crippen LogP contribution is 2.63. The number of aromatic nitrogens is 2. The van der Waals surface area contributed by atoms with Crippen LogP contribution < -0.4 is 0 Å². The summed E-state index contributed by atoms with van der Waals surface area (Å²) in [5.74, 6) is 0.739. The van der Waals surface area contributed by atoms with Gasteiger partial charge in [-0.2, -0.15) is 0 Å². The molecule has 0 bridgehead atoms. The van der Waals surface area contributed by atoms with Crippen LogP contribution in [0, 0.1) is 0 Å². The lowest BCUT2D eigenvalue weighted by molar-refractivity contribution is 0.794. The average Bonchev–Trinajstić information content (AvgIpc) is 3.56. The Balaban J connectivity index is 1.37. The van der Waals surface area contributed by atoms with E-state index in [-0.39, 0.29) is 0 Å². The third-order valence-corrected chi connectivity index (χ3v) is 9.13. The zero-order valence-electron chi connectivity index (χ0n) is 23.4. The van der Waals surface area contributed by atoms with Crippen LogP contribution in [0.25, 0.3) is 56.2 Å². The summed E-state index contributed by atoms with van der Waals surface area (Å²) in [5.41, 5.74) is 15.0. The fraction of sp³-hybridized carbons (Fsp3) is 0.0244. The van der Waals surface area contributed by atoms with Crippen molar-refractivity contribution >= 4 is 0 Å². The fourth-order valence-corrected chi connectivity index (χ4v) is 7.41. The van der Waals surface area contributed by atoms with Gasteiger partial charge in [0.25, 0.3) is 0 Å². The fourth-order valence-electron chi connectivity index (χ4n) is 7.41. The maximum absolute atomic E-state index is 5.24. The molecule has 0 aliphatic heterocycles. The van der Waals surface area contributed by atoms with Crippen molar-refractivity contribution in [2.75, 3.05) is 0 Å². The molecule has 0 unspecified atom stereocenters. The Morgan fingerprint density at radius 2 is 0.767 bits per heavy atom. The van der Waals surface area contributed by atoms with E-state index in [2.05, 4.69) is 146 Å². The zero-order valence-corrected chi connectivity index (χ0v) is 23.4. The lowest BCUT2D eigenvalue weighted by atomic mass is 9.70. The van der Waals surface area contributed by atoms with E-state index in [1.165, 1.54) is 44.5 Å². The van der Waals surface area contributed by atoms with Gasteiger partial charge in [0.1, 0.15) is 0 Å². The van der Waals surface area contributed by atoms with Gasteiger partial charge in [-0.3, -0.25) is 0 Å². The van der Waals surface area contributed by atoms with E-state index in [1.54, 1.807) is 0 Å².